The first-order valence-corrected chi connectivity index (χ1v) is 22.3. The van der Waals surface area contributed by atoms with E-state index in [0.29, 0.717) is 11.5 Å². The number of hydrogen-bond acceptors (Lipinski definition) is 14. The summed E-state index contributed by atoms with van der Waals surface area (Å²) < 4.78 is 80.4. The third-order valence-corrected chi connectivity index (χ3v) is 13.4. The molecule has 1 aliphatic heterocycles. The molecule has 1 aromatic heterocycles. The minimum atomic E-state index is -5.08. The molecule has 3 aromatic carbocycles. The van der Waals surface area contributed by atoms with Crippen LogP contribution in [0.3, 0.4) is 0 Å². The maximum Gasteiger partial charge on any atom is 0.490 e. The van der Waals surface area contributed by atoms with Gasteiger partial charge in [0.2, 0.25) is 0 Å². The Morgan fingerprint density at radius 2 is 1.46 bits per heavy atom. The van der Waals surface area contributed by atoms with Crippen LogP contribution < -0.4 is 26.5 Å². The monoisotopic (exact) mass is 957 g/mol. The van der Waals surface area contributed by atoms with Gasteiger partial charge in [-0.25, -0.2) is 14.3 Å². The number of aromatic nitrogens is 2. The number of benzene rings is 3. The van der Waals surface area contributed by atoms with Crippen molar-refractivity contribution in [3.8, 4) is 17.6 Å². The highest BCUT2D eigenvalue weighted by Gasteiger charge is 2.73. The number of halogens is 3. The van der Waals surface area contributed by atoms with E-state index in [9.17, 15) is 32.8 Å². The van der Waals surface area contributed by atoms with Crippen molar-refractivity contribution in [2.75, 3.05) is 27.4 Å². The topological polar surface area (TPSA) is 227 Å². The maximum atomic E-state index is 13.6. The van der Waals surface area contributed by atoms with Crippen LogP contribution in [0.2, 0.25) is 0 Å². The van der Waals surface area contributed by atoms with Crippen LogP contribution in [0.15, 0.2) is 94.6 Å². The average molecular weight is 958 g/mol. The van der Waals surface area contributed by atoms with Crippen LogP contribution in [-0.2, 0) is 38.4 Å². The van der Waals surface area contributed by atoms with Gasteiger partial charge < -0.3 is 43.6 Å². The highest BCUT2D eigenvalue weighted by molar-refractivity contribution is 7.44. The second-order valence-electron chi connectivity index (χ2n) is 16.3. The molecule has 2 heterocycles. The fraction of sp³-hybridized carbons (Fsp3) is 0.457. The number of nitriles is 1. The Bertz CT molecular complexity index is 2410. The smallest absolute Gasteiger partial charge is 0.490 e. The van der Waals surface area contributed by atoms with Crippen molar-refractivity contribution in [2.24, 2.45) is 11.7 Å². The summed E-state index contributed by atoms with van der Waals surface area (Å²) in [5.74, 6) is -2.95. The van der Waals surface area contributed by atoms with Gasteiger partial charge in [0.05, 0.1) is 51.9 Å². The van der Waals surface area contributed by atoms with Crippen LogP contribution in [0, 0.1) is 24.2 Å². The van der Waals surface area contributed by atoms with Crippen molar-refractivity contribution in [1.82, 2.24) is 14.2 Å². The molecule has 4 N–H and O–H groups in total. The molecule has 362 valence electrons. The molecule has 2 bridgehead atoms. The number of esters is 1. The van der Waals surface area contributed by atoms with E-state index in [4.69, 9.17) is 48.4 Å². The lowest BCUT2D eigenvalue weighted by Gasteiger charge is -2.44. The number of aryl methyl sites for hydroxylation is 1. The SMILES string of the molecule is COc1ccc(C(OC[C@]23O[C@@H](n4cc(C)c(=O)[nH]c4=O)[C@H]([C@H](N)[C@@H]2OC(C)=O)[C@@H]3OP(OCCC#N)N(C(C)C)C(C)C)(c2ccccc2)c2ccc(OC)cc2)cc1.O=C(O)C(F)(F)F. The molecule has 0 spiro atoms. The maximum absolute atomic E-state index is 13.6. The number of carboxylic acids is 1. The fourth-order valence-corrected chi connectivity index (χ4v) is 10.2. The Labute approximate surface area is 386 Å². The van der Waals surface area contributed by atoms with Gasteiger partial charge in [0.1, 0.15) is 29.4 Å². The second-order valence-corrected chi connectivity index (χ2v) is 17.7. The van der Waals surface area contributed by atoms with E-state index >= 15 is 0 Å². The number of aromatic amines is 1. The van der Waals surface area contributed by atoms with Crippen LogP contribution in [0.4, 0.5) is 13.2 Å². The molecule has 17 nitrogen and oxygen atoms in total. The van der Waals surface area contributed by atoms with E-state index < -0.39 is 79.5 Å². The third kappa shape index (κ3) is 11.2. The molecule has 7 atom stereocenters. The Hall–Kier alpha value is -5.65. The molecular weight excluding hydrogens is 902 g/mol. The molecule has 2 aliphatic rings. The number of nitrogens with two attached hydrogens (primary N) is 1. The van der Waals surface area contributed by atoms with E-state index in [1.165, 1.54) is 17.7 Å². The zero-order valence-corrected chi connectivity index (χ0v) is 39.1. The molecule has 1 unspecified atom stereocenters. The molecule has 1 saturated carbocycles. The lowest BCUT2D eigenvalue weighted by molar-refractivity contribution is -0.224. The van der Waals surface area contributed by atoms with Gasteiger partial charge in [0.15, 0.2) is 11.7 Å². The Morgan fingerprint density at radius 3 is 1.93 bits per heavy atom. The minimum absolute atomic E-state index is 0.0700. The normalized spacial score (nSPS) is 21.7. The Balaban J connectivity index is 0.00000111. The summed E-state index contributed by atoms with van der Waals surface area (Å²) in [6.07, 6.45) is -6.84. The number of nitrogens with one attached hydrogen (secondary N) is 1. The number of H-pyrrole nitrogens is 1. The number of methoxy groups -OCH3 is 2. The third-order valence-electron chi connectivity index (χ3n) is 11.3. The van der Waals surface area contributed by atoms with E-state index in [-0.39, 0.29) is 37.3 Å². The zero-order chi connectivity index (χ0) is 49.4. The summed E-state index contributed by atoms with van der Waals surface area (Å²) in [7, 11) is 1.24. The number of carboxylic acid groups (broad SMARTS) is 1. The van der Waals surface area contributed by atoms with Crippen molar-refractivity contribution in [3.05, 3.63) is 128 Å². The molecular formula is C46H55F3N5O12P. The standard InChI is InChI=1S/C44H54N5O10P.C2HF3O2/c1-27(2)49(28(3)4)60(56-24-12-23-45)59-38-36-37(46)39(57-30(6)50)43(38,58-41(36)48-25-29(5)40(51)47-42(48)52)26-55-44(31-13-10-9-11-14-31,32-15-19-34(53-7)20-16-32)33-17-21-35(54-8)22-18-33;3-2(4,5)1(6)7/h9-11,13-22,25,27-28,36-39,41H,12,24,26,46H2,1-8H3,(H,47,51,52);(H,6,7)/t36-,37+,38+,39+,41-,43-,60?;/m1./s1. The number of carbonyl (C=O) groups is 2. The highest BCUT2D eigenvalue weighted by Crippen LogP contribution is 2.60. The van der Waals surface area contributed by atoms with Crippen molar-refractivity contribution < 1.29 is 60.6 Å². The summed E-state index contributed by atoms with van der Waals surface area (Å²) in [6, 6.07) is 25.7. The van der Waals surface area contributed by atoms with Crippen LogP contribution in [0.1, 0.15) is 69.5 Å². The first-order valence-electron chi connectivity index (χ1n) is 21.1. The molecule has 0 amide bonds. The highest BCUT2D eigenvalue weighted by atomic mass is 31.2. The number of nitrogens with zero attached hydrogens (tertiary/aromatic N) is 3. The molecule has 1 saturated heterocycles. The molecule has 6 rings (SSSR count). The average Bonchev–Trinajstić information content (AvgIpc) is 3.70. The van der Waals surface area contributed by atoms with Gasteiger partial charge in [-0.2, -0.15) is 18.4 Å². The van der Waals surface area contributed by atoms with E-state index in [2.05, 4.69) is 15.7 Å². The largest absolute Gasteiger partial charge is 0.497 e. The van der Waals surface area contributed by atoms with Gasteiger partial charge in [-0.15, -0.1) is 0 Å². The molecule has 4 aromatic rings. The first kappa shape index (κ1) is 52.3. The van der Waals surface area contributed by atoms with Crippen LogP contribution >= 0.6 is 8.53 Å². The van der Waals surface area contributed by atoms with Gasteiger partial charge in [-0.05, 0) is 75.6 Å². The summed E-state index contributed by atoms with van der Waals surface area (Å²) in [5.41, 5.74) is 5.33. The number of alkyl halides is 3. The Morgan fingerprint density at radius 1 is 0.940 bits per heavy atom. The van der Waals surface area contributed by atoms with Crippen molar-refractivity contribution in [3.63, 3.8) is 0 Å². The van der Waals surface area contributed by atoms with Crippen LogP contribution in [0.25, 0.3) is 0 Å². The number of aliphatic carboxylic acids is 1. The van der Waals surface area contributed by atoms with Crippen molar-refractivity contribution in [1.29, 1.82) is 5.26 Å². The van der Waals surface area contributed by atoms with Gasteiger partial charge in [0.25, 0.3) is 14.1 Å². The predicted molar refractivity (Wildman–Crippen MR) is 238 cm³/mol. The van der Waals surface area contributed by atoms with Crippen molar-refractivity contribution in [2.45, 2.75) is 102 Å². The van der Waals surface area contributed by atoms with Gasteiger partial charge >= 0.3 is 23.8 Å². The van der Waals surface area contributed by atoms with E-state index in [1.807, 2.05) is 107 Å². The predicted octanol–water partition coefficient (Wildman–Crippen LogP) is 6.32. The Kier molecular flexibility index (Phi) is 17.2. The molecule has 2 fully saturated rings. The molecule has 67 heavy (non-hydrogen) atoms. The number of rotatable bonds is 18. The van der Waals surface area contributed by atoms with Crippen LogP contribution in [0.5, 0.6) is 11.5 Å². The van der Waals surface area contributed by atoms with Gasteiger partial charge in [0, 0.05) is 30.8 Å². The summed E-state index contributed by atoms with van der Waals surface area (Å²) >= 11 is 0. The molecule has 0 radical (unpaired) electrons. The second kappa shape index (κ2) is 22.0. The zero-order valence-electron chi connectivity index (χ0n) is 38.2. The first-order chi connectivity index (χ1) is 31.7. The molecule has 1 aliphatic carbocycles. The lowest BCUT2D eigenvalue weighted by Crippen LogP contribution is -2.59. The summed E-state index contributed by atoms with van der Waals surface area (Å²) in [6.45, 7) is 10.7. The van der Waals surface area contributed by atoms with E-state index in [0.717, 1.165) is 16.7 Å². The van der Waals surface area contributed by atoms with Gasteiger partial charge in [-0.1, -0.05) is 54.6 Å². The van der Waals surface area contributed by atoms with Crippen LogP contribution in [-0.4, -0.2) is 101 Å². The summed E-state index contributed by atoms with van der Waals surface area (Å²) in [5, 5.41) is 16.6. The van der Waals surface area contributed by atoms with E-state index in [1.54, 1.807) is 21.1 Å². The quantitative estimate of drug-likeness (QED) is 0.0429. The number of hydrogen-bond donors (Lipinski definition) is 3. The van der Waals surface area contributed by atoms with Crippen molar-refractivity contribution >= 4 is 20.5 Å². The fourth-order valence-electron chi connectivity index (χ4n) is 8.41. The minimum Gasteiger partial charge on any atom is -0.497 e. The lowest BCUT2D eigenvalue weighted by atomic mass is 9.79. The molecule has 21 heteroatoms. The number of carbonyl (C=O) groups excluding carboxylic acids is 1. The summed E-state index contributed by atoms with van der Waals surface area (Å²) in [4.78, 5) is 50.6. The van der Waals surface area contributed by atoms with Gasteiger partial charge in [-0.3, -0.25) is 19.1 Å². The number of fused-ring (bicyclic) bond motifs is 2. The number of ether oxygens (including phenoxy) is 5.